The molecule has 49 heavy (non-hydrogen) atoms. The molecule has 0 saturated heterocycles. The Kier molecular flexibility index (Phi) is 6.02. The Bertz CT molecular complexity index is 2720. The van der Waals surface area contributed by atoms with Crippen molar-refractivity contribution in [1.29, 1.82) is 0 Å². The van der Waals surface area contributed by atoms with Gasteiger partial charge in [-0.2, -0.15) is 0 Å². The third-order valence-electron chi connectivity index (χ3n) is 11.0. The molecule has 1 aliphatic rings. The standard InChI is InChI=1S/C49H34/c1-49(2)45-29-25-33(30-44(45)43-26-24-31-14-6-7-17-35(31)48(43)49)34-27-28-42(37-19-9-8-18-36(34)37)47-40-22-12-10-20-38(40)46(32-15-4-3-5-16-32)39-21-11-13-23-41(39)47/h3-30H,1-2H3. The maximum absolute atomic E-state index is 2.44. The van der Waals surface area contributed by atoms with Crippen molar-refractivity contribution in [2.75, 3.05) is 0 Å². The van der Waals surface area contributed by atoms with Gasteiger partial charge in [0.15, 0.2) is 0 Å². The predicted octanol–water partition coefficient (Wildman–Crippen LogP) is 13.6. The van der Waals surface area contributed by atoms with E-state index < -0.39 is 0 Å². The van der Waals surface area contributed by atoms with Crippen molar-refractivity contribution in [3.8, 4) is 44.5 Å². The van der Waals surface area contributed by atoms with Crippen molar-refractivity contribution < 1.29 is 0 Å². The van der Waals surface area contributed by atoms with Crippen LogP contribution in [0.15, 0.2) is 170 Å². The van der Waals surface area contributed by atoms with Crippen LogP contribution in [0.4, 0.5) is 0 Å². The highest BCUT2D eigenvalue weighted by atomic mass is 14.4. The molecule has 0 heteroatoms. The molecule has 0 aromatic heterocycles. The van der Waals surface area contributed by atoms with E-state index in [9.17, 15) is 0 Å². The minimum absolute atomic E-state index is 0.0655. The zero-order valence-corrected chi connectivity index (χ0v) is 27.7. The molecule has 0 radical (unpaired) electrons. The van der Waals surface area contributed by atoms with Gasteiger partial charge in [0.05, 0.1) is 0 Å². The Labute approximate surface area is 286 Å². The van der Waals surface area contributed by atoms with Gasteiger partial charge in [0, 0.05) is 5.41 Å². The van der Waals surface area contributed by atoms with Crippen LogP contribution in [0.3, 0.4) is 0 Å². The van der Waals surface area contributed by atoms with E-state index in [0.717, 1.165) is 0 Å². The zero-order valence-electron chi connectivity index (χ0n) is 27.7. The van der Waals surface area contributed by atoms with Crippen LogP contribution in [0, 0.1) is 0 Å². The average molecular weight is 623 g/mol. The maximum Gasteiger partial charge on any atom is 0.0165 e. The Morgan fingerprint density at radius 2 is 0.837 bits per heavy atom. The zero-order chi connectivity index (χ0) is 32.7. The third-order valence-corrected chi connectivity index (χ3v) is 11.0. The van der Waals surface area contributed by atoms with E-state index in [1.54, 1.807) is 0 Å². The Hall–Kier alpha value is -5.98. The van der Waals surface area contributed by atoms with E-state index in [1.807, 2.05) is 0 Å². The summed E-state index contributed by atoms with van der Waals surface area (Å²) in [6.45, 7) is 4.76. The summed E-state index contributed by atoms with van der Waals surface area (Å²) in [7, 11) is 0. The van der Waals surface area contributed by atoms with Gasteiger partial charge in [-0.05, 0) is 105 Å². The fraction of sp³-hybridized carbons (Fsp3) is 0.0612. The molecule has 0 fully saturated rings. The molecule has 9 aromatic rings. The van der Waals surface area contributed by atoms with Crippen molar-refractivity contribution in [2.45, 2.75) is 19.3 Å². The van der Waals surface area contributed by atoms with Crippen LogP contribution in [-0.4, -0.2) is 0 Å². The highest BCUT2D eigenvalue weighted by molar-refractivity contribution is 6.24. The van der Waals surface area contributed by atoms with Crippen LogP contribution >= 0.6 is 0 Å². The molecule has 0 nitrogen and oxygen atoms in total. The monoisotopic (exact) mass is 622 g/mol. The fourth-order valence-corrected chi connectivity index (χ4v) is 8.89. The van der Waals surface area contributed by atoms with Crippen LogP contribution in [0.5, 0.6) is 0 Å². The lowest BCUT2D eigenvalue weighted by atomic mass is 9.80. The lowest BCUT2D eigenvalue weighted by molar-refractivity contribution is 0.666. The minimum atomic E-state index is -0.0655. The Balaban J connectivity index is 1.21. The maximum atomic E-state index is 2.44. The number of benzene rings is 9. The summed E-state index contributed by atoms with van der Waals surface area (Å²) in [5.41, 5.74) is 13.1. The van der Waals surface area contributed by atoms with Crippen LogP contribution in [0.25, 0.3) is 87.6 Å². The van der Waals surface area contributed by atoms with Gasteiger partial charge in [0.2, 0.25) is 0 Å². The molecular weight excluding hydrogens is 589 g/mol. The lowest BCUT2D eigenvalue weighted by Crippen LogP contribution is -2.15. The Morgan fingerprint density at radius 1 is 0.327 bits per heavy atom. The molecule has 0 aliphatic heterocycles. The summed E-state index contributed by atoms with van der Waals surface area (Å²) in [6, 6.07) is 63.0. The number of fused-ring (bicyclic) bond motifs is 8. The molecule has 1 aliphatic carbocycles. The van der Waals surface area contributed by atoms with Gasteiger partial charge in [0.25, 0.3) is 0 Å². The largest absolute Gasteiger partial charge is 0.0622 e. The molecule has 0 spiro atoms. The highest BCUT2D eigenvalue weighted by Crippen LogP contribution is 2.53. The van der Waals surface area contributed by atoms with Crippen molar-refractivity contribution in [2.24, 2.45) is 0 Å². The fourth-order valence-electron chi connectivity index (χ4n) is 8.89. The van der Waals surface area contributed by atoms with E-state index in [-0.39, 0.29) is 5.41 Å². The normalized spacial score (nSPS) is 13.3. The molecule has 0 unspecified atom stereocenters. The van der Waals surface area contributed by atoms with E-state index in [4.69, 9.17) is 0 Å². The van der Waals surface area contributed by atoms with Gasteiger partial charge >= 0.3 is 0 Å². The molecule has 10 rings (SSSR count). The second-order valence-corrected chi connectivity index (χ2v) is 14.0. The summed E-state index contributed by atoms with van der Waals surface area (Å²) in [5, 5.41) is 10.3. The summed E-state index contributed by atoms with van der Waals surface area (Å²) in [5.74, 6) is 0. The molecule has 0 N–H and O–H groups in total. The first-order valence-corrected chi connectivity index (χ1v) is 17.3. The van der Waals surface area contributed by atoms with E-state index in [0.29, 0.717) is 0 Å². The predicted molar refractivity (Wildman–Crippen MR) is 210 cm³/mol. The van der Waals surface area contributed by atoms with Gasteiger partial charge in [-0.15, -0.1) is 0 Å². The first kappa shape index (κ1) is 28.1. The van der Waals surface area contributed by atoms with Crippen LogP contribution in [0.2, 0.25) is 0 Å². The SMILES string of the molecule is CC1(C)c2ccc(-c3ccc(-c4c5ccccc5c(-c5ccccc5)c5ccccc45)c4ccccc34)cc2-c2ccc3ccccc3c21. The van der Waals surface area contributed by atoms with Crippen molar-refractivity contribution in [3.63, 3.8) is 0 Å². The topological polar surface area (TPSA) is 0 Å². The molecule has 0 bridgehead atoms. The van der Waals surface area contributed by atoms with Crippen molar-refractivity contribution in [1.82, 2.24) is 0 Å². The van der Waals surface area contributed by atoms with E-state index in [2.05, 4.69) is 184 Å². The van der Waals surface area contributed by atoms with Crippen molar-refractivity contribution >= 4 is 43.1 Å². The van der Waals surface area contributed by atoms with Gasteiger partial charge in [-0.25, -0.2) is 0 Å². The molecule has 0 atom stereocenters. The lowest BCUT2D eigenvalue weighted by Gasteiger charge is -2.23. The van der Waals surface area contributed by atoms with Gasteiger partial charge in [0.1, 0.15) is 0 Å². The van der Waals surface area contributed by atoms with Gasteiger partial charge in [-0.3, -0.25) is 0 Å². The van der Waals surface area contributed by atoms with Gasteiger partial charge < -0.3 is 0 Å². The molecule has 0 saturated carbocycles. The molecule has 0 amide bonds. The summed E-state index contributed by atoms with van der Waals surface area (Å²) < 4.78 is 0. The molecule has 230 valence electrons. The molecule has 9 aromatic carbocycles. The number of rotatable bonds is 3. The van der Waals surface area contributed by atoms with Crippen LogP contribution in [-0.2, 0) is 5.41 Å². The van der Waals surface area contributed by atoms with Crippen LogP contribution in [0.1, 0.15) is 25.0 Å². The van der Waals surface area contributed by atoms with Crippen molar-refractivity contribution in [3.05, 3.63) is 181 Å². The molecular formula is C49H34. The number of hydrogen-bond donors (Lipinski definition) is 0. The highest BCUT2D eigenvalue weighted by Gasteiger charge is 2.37. The number of hydrogen-bond acceptors (Lipinski definition) is 0. The quantitative estimate of drug-likeness (QED) is 0.172. The smallest absolute Gasteiger partial charge is 0.0165 e. The van der Waals surface area contributed by atoms with E-state index in [1.165, 1.54) is 98.7 Å². The first-order valence-electron chi connectivity index (χ1n) is 17.3. The summed E-state index contributed by atoms with van der Waals surface area (Å²) >= 11 is 0. The second-order valence-electron chi connectivity index (χ2n) is 14.0. The average Bonchev–Trinajstić information content (AvgIpc) is 3.39. The second kappa shape index (κ2) is 10.5. The summed E-state index contributed by atoms with van der Waals surface area (Å²) in [6.07, 6.45) is 0. The summed E-state index contributed by atoms with van der Waals surface area (Å²) in [4.78, 5) is 0. The molecule has 0 heterocycles. The van der Waals surface area contributed by atoms with E-state index >= 15 is 0 Å². The minimum Gasteiger partial charge on any atom is -0.0622 e. The van der Waals surface area contributed by atoms with Crippen LogP contribution < -0.4 is 0 Å². The third kappa shape index (κ3) is 4.04. The van der Waals surface area contributed by atoms with Gasteiger partial charge in [-0.1, -0.05) is 178 Å². The first-order chi connectivity index (χ1) is 24.1. The Morgan fingerprint density at radius 3 is 1.51 bits per heavy atom.